The van der Waals surface area contributed by atoms with E-state index < -0.39 is 0 Å². The second-order valence-electron chi connectivity index (χ2n) is 3.57. The van der Waals surface area contributed by atoms with E-state index in [9.17, 15) is 4.39 Å². The fourth-order valence-corrected chi connectivity index (χ4v) is 1.51. The van der Waals surface area contributed by atoms with Crippen LogP contribution in [0.1, 0.15) is 11.3 Å². The minimum Gasteiger partial charge on any atom is -0.388 e. The number of aromatic nitrogens is 2. The average Bonchev–Trinajstić information content (AvgIpc) is 2.38. The van der Waals surface area contributed by atoms with E-state index in [4.69, 9.17) is 18.0 Å². The first kappa shape index (κ1) is 12.4. The van der Waals surface area contributed by atoms with Crippen LogP contribution in [-0.2, 0) is 6.54 Å². The van der Waals surface area contributed by atoms with Gasteiger partial charge >= 0.3 is 0 Å². The van der Waals surface area contributed by atoms with E-state index in [2.05, 4.69) is 15.3 Å². The minimum absolute atomic E-state index is 0.200. The van der Waals surface area contributed by atoms with Gasteiger partial charge in [-0.2, -0.15) is 0 Å². The Morgan fingerprint density at radius 1 is 1.33 bits per heavy atom. The predicted octanol–water partition coefficient (Wildman–Crippen LogP) is 1.86. The van der Waals surface area contributed by atoms with E-state index >= 15 is 0 Å². The van der Waals surface area contributed by atoms with Gasteiger partial charge in [0.25, 0.3) is 0 Å². The van der Waals surface area contributed by atoms with Gasteiger partial charge in [0.15, 0.2) is 0 Å². The van der Waals surface area contributed by atoms with Crippen LogP contribution >= 0.6 is 12.2 Å². The highest BCUT2D eigenvalue weighted by Crippen LogP contribution is 2.08. The second-order valence-corrected chi connectivity index (χ2v) is 4.01. The smallest absolute Gasteiger partial charge is 0.223 e. The van der Waals surface area contributed by atoms with Crippen molar-refractivity contribution in [1.82, 2.24) is 9.97 Å². The van der Waals surface area contributed by atoms with Crippen LogP contribution in [0.25, 0.3) is 0 Å². The molecule has 1 aromatic carbocycles. The van der Waals surface area contributed by atoms with Crippen molar-refractivity contribution in [1.29, 1.82) is 0 Å². The molecule has 6 heteroatoms. The number of anilines is 1. The molecule has 0 atom stereocenters. The quantitative estimate of drug-likeness (QED) is 0.823. The van der Waals surface area contributed by atoms with E-state index in [0.29, 0.717) is 23.8 Å². The van der Waals surface area contributed by atoms with Crippen molar-refractivity contribution in [3.05, 3.63) is 53.6 Å². The molecule has 2 aromatic rings. The van der Waals surface area contributed by atoms with Crippen LogP contribution in [0.15, 0.2) is 36.5 Å². The lowest BCUT2D eigenvalue weighted by Gasteiger charge is -2.06. The maximum Gasteiger partial charge on any atom is 0.223 e. The summed E-state index contributed by atoms with van der Waals surface area (Å²) in [5, 5.41) is 2.92. The van der Waals surface area contributed by atoms with E-state index in [-0.39, 0.29) is 10.8 Å². The first-order valence-corrected chi connectivity index (χ1v) is 5.68. The van der Waals surface area contributed by atoms with E-state index in [0.717, 1.165) is 0 Å². The zero-order chi connectivity index (χ0) is 13.0. The van der Waals surface area contributed by atoms with Crippen molar-refractivity contribution >= 4 is 23.2 Å². The zero-order valence-electron chi connectivity index (χ0n) is 9.43. The third-order valence-corrected chi connectivity index (χ3v) is 2.51. The molecule has 2 rings (SSSR count). The maximum absolute atomic E-state index is 13.4. The predicted molar refractivity (Wildman–Crippen MR) is 71.6 cm³/mol. The molecule has 4 nitrogen and oxygen atoms in total. The van der Waals surface area contributed by atoms with Crippen molar-refractivity contribution in [2.45, 2.75) is 6.54 Å². The summed E-state index contributed by atoms with van der Waals surface area (Å²) in [5.74, 6) is 0.0963. The molecule has 0 radical (unpaired) electrons. The number of hydrogen-bond acceptors (Lipinski definition) is 4. The Hall–Kier alpha value is -2.08. The Morgan fingerprint density at radius 2 is 2.11 bits per heavy atom. The Kier molecular flexibility index (Phi) is 3.78. The van der Waals surface area contributed by atoms with Crippen molar-refractivity contribution in [3.63, 3.8) is 0 Å². The van der Waals surface area contributed by atoms with Crippen molar-refractivity contribution in [2.24, 2.45) is 5.73 Å². The molecule has 0 unspecified atom stereocenters. The lowest BCUT2D eigenvalue weighted by molar-refractivity contribution is 0.612. The molecule has 0 fully saturated rings. The molecule has 3 N–H and O–H groups in total. The molecule has 0 saturated heterocycles. The summed E-state index contributed by atoms with van der Waals surface area (Å²) in [7, 11) is 0. The number of rotatable bonds is 4. The molecule has 1 heterocycles. The SMILES string of the molecule is NC(=S)c1ccnc(NCc2ccccc2F)n1. The highest BCUT2D eigenvalue weighted by atomic mass is 32.1. The number of nitrogens with zero attached hydrogens (tertiary/aromatic N) is 2. The summed E-state index contributed by atoms with van der Waals surface area (Å²) < 4.78 is 13.4. The van der Waals surface area contributed by atoms with Gasteiger partial charge in [-0.15, -0.1) is 0 Å². The number of nitrogens with one attached hydrogen (secondary N) is 1. The summed E-state index contributed by atoms with van der Waals surface area (Å²) >= 11 is 4.82. The summed E-state index contributed by atoms with van der Waals surface area (Å²) in [4.78, 5) is 8.31. The summed E-state index contributed by atoms with van der Waals surface area (Å²) in [5.41, 5.74) is 6.49. The first-order chi connectivity index (χ1) is 8.66. The number of thiocarbonyl (C=S) groups is 1. The van der Waals surface area contributed by atoms with Gasteiger partial charge in [0.05, 0.1) is 0 Å². The molecule has 18 heavy (non-hydrogen) atoms. The minimum atomic E-state index is -0.268. The molecule has 0 aliphatic rings. The van der Waals surface area contributed by atoms with Crippen LogP contribution in [0.3, 0.4) is 0 Å². The zero-order valence-corrected chi connectivity index (χ0v) is 10.2. The fourth-order valence-electron chi connectivity index (χ4n) is 1.40. The second kappa shape index (κ2) is 5.50. The van der Waals surface area contributed by atoms with Crippen LogP contribution in [0.2, 0.25) is 0 Å². The lowest BCUT2D eigenvalue weighted by atomic mass is 10.2. The van der Waals surface area contributed by atoms with Crippen LogP contribution < -0.4 is 11.1 Å². The standard InChI is InChI=1S/C12H11FN4S/c13-9-4-2-1-3-8(9)7-16-12-15-6-5-10(17-12)11(14)18/h1-6H,7H2,(H2,14,18)(H,15,16,17). The van der Waals surface area contributed by atoms with Gasteiger partial charge in [0.2, 0.25) is 5.95 Å². The van der Waals surface area contributed by atoms with Crippen molar-refractivity contribution in [2.75, 3.05) is 5.32 Å². The lowest BCUT2D eigenvalue weighted by Crippen LogP contribution is -2.13. The topological polar surface area (TPSA) is 63.8 Å². The molecule has 0 spiro atoms. The number of nitrogens with two attached hydrogens (primary N) is 1. The van der Waals surface area contributed by atoms with Gasteiger partial charge in [-0.25, -0.2) is 14.4 Å². The van der Waals surface area contributed by atoms with E-state index in [1.165, 1.54) is 6.07 Å². The van der Waals surface area contributed by atoms with Gasteiger partial charge in [0, 0.05) is 18.3 Å². The normalized spacial score (nSPS) is 10.1. The largest absolute Gasteiger partial charge is 0.388 e. The summed E-state index contributed by atoms with van der Waals surface area (Å²) in [6.45, 7) is 0.299. The third-order valence-electron chi connectivity index (χ3n) is 2.30. The third kappa shape index (κ3) is 2.98. The number of hydrogen-bond donors (Lipinski definition) is 2. The maximum atomic E-state index is 13.4. The van der Waals surface area contributed by atoms with Gasteiger partial charge < -0.3 is 11.1 Å². The molecule has 0 bridgehead atoms. The Bertz CT molecular complexity index is 574. The molecule has 92 valence electrons. The Balaban J connectivity index is 2.09. The average molecular weight is 262 g/mol. The molecule has 0 saturated carbocycles. The van der Waals surface area contributed by atoms with Crippen LogP contribution in [0.5, 0.6) is 0 Å². The Morgan fingerprint density at radius 3 is 2.83 bits per heavy atom. The van der Waals surface area contributed by atoms with Crippen LogP contribution in [0, 0.1) is 5.82 Å². The molecular weight excluding hydrogens is 251 g/mol. The van der Waals surface area contributed by atoms with Gasteiger partial charge in [0.1, 0.15) is 16.5 Å². The number of benzene rings is 1. The summed E-state index contributed by atoms with van der Waals surface area (Å²) in [6, 6.07) is 8.13. The van der Waals surface area contributed by atoms with Gasteiger partial charge in [-0.05, 0) is 12.1 Å². The summed E-state index contributed by atoms with van der Waals surface area (Å²) in [6.07, 6.45) is 1.55. The molecule has 1 aromatic heterocycles. The number of halogens is 1. The van der Waals surface area contributed by atoms with Gasteiger partial charge in [-0.3, -0.25) is 0 Å². The highest BCUT2D eigenvalue weighted by Gasteiger charge is 2.03. The van der Waals surface area contributed by atoms with E-state index in [1.54, 1.807) is 30.5 Å². The molecular formula is C12H11FN4S. The monoisotopic (exact) mass is 262 g/mol. The van der Waals surface area contributed by atoms with Gasteiger partial charge in [-0.1, -0.05) is 30.4 Å². The molecule has 0 aliphatic heterocycles. The van der Waals surface area contributed by atoms with Crippen LogP contribution in [-0.4, -0.2) is 15.0 Å². The van der Waals surface area contributed by atoms with Crippen molar-refractivity contribution < 1.29 is 4.39 Å². The van der Waals surface area contributed by atoms with Crippen molar-refractivity contribution in [3.8, 4) is 0 Å². The molecule has 0 amide bonds. The first-order valence-electron chi connectivity index (χ1n) is 5.27. The molecule has 0 aliphatic carbocycles. The Labute approximate surface area is 109 Å². The van der Waals surface area contributed by atoms with Crippen LogP contribution in [0.4, 0.5) is 10.3 Å². The fraction of sp³-hybridized carbons (Fsp3) is 0.0833. The van der Waals surface area contributed by atoms with E-state index in [1.807, 2.05) is 0 Å². The highest BCUT2D eigenvalue weighted by molar-refractivity contribution is 7.80.